The van der Waals surface area contributed by atoms with E-state index in [2.05, 4.69) is 5.32 Å². The lowest BCUT2D eigenvalue weighted by Crippen LogP contribution is -2.34. The van der Waals surface area contributed by atoms with Crippen LogP contribution in [0.1, 0.15) is 34.1 Å². The van der Waals surface area contributed by atoms with Crippen molar-refractivity contribution in [3.8, 4) is 0 Å². The number of esters is 1. The van der Waals surface area contributed by atoms with Gasteiger partial charge >= 0.3 is 5.97 Å². The van der Waals surface area contributed by atoms with Crippen LogP contribution < -0.4 is 5.32 Å². The summed E-state index contributed by atoms with van der Waals surface area (Å²) in [6, 6.07) is 6.27. The molecule has 0 aromatic carbocycles. The number of rotatable bonds is 7. The summed E-state index contributed by atoms with van der Waals surface area (Å²) in [5.41, 5.74) is 0. The highest BCUT2D eigenvalue weighted by Crippen LogP contribution is 2.23. The van der Waals surface area contributed by atoms with Crippen molar-refractivity contribution in [2.45, 2.75) is 13.8 Å². The van der Waals surface area contributed by atoms with E-state index in [9.17, 15) is 14.4 Å². The molecule has 0 aliphatic carbocycles. The van der Waals surface area contributed by atoms with E-state index in [0.29, 0.717) is 23.0 Å². The quantitative estimate of drug-likeness (QED) is 0.776. The number of carbonyl (C=O) groups is 3. The summed E-state index contributed by atoms with van der Waals surface area (Å²) in [7, 11) is 0. The normalized spacial score (nSPS) is 10.2. The lowest BCUT2D eigenvalue weighted by molar-refractivity contribution is -0.134. The number of ether oxygens (including phenoxy) is 1. The molecule has 2 rings (SSSR count). The molecule has 7 nitrogen and oxygen atoms in total. The minimum Gasteiger partial charge on any atom is -0.459 e. The Morgan fingerprint density at radius 3 is 2.58 bits per heavy atom. The lowest BCUT2D eigenvalue weighted by Gasteiger charge is -2.17. The molecular weight excluding hydrogens is 332 g/mol. The molecule has 2 amide bonds. The minimum atomic E-state index is -0.598. The number of nitrogens with zero attached hydrogens (tertiary/aromatic N) is 1. The number of likely N-dealkylation sites (N-methyl/N-ethyl adjacent to an activating group) is 1. The molecule has 0 saturated carbocycles. The van der Waals surface area contributed by atoms with Gasteiger partial charge in [-0.3, -0.25) is 9.59 Å². The van der Waals surface area contributed by atoms with Gasteiger partial charge < -0.3 is 19.4 Å². The number of amides is 2. The molecule has 0 bridgehead atoms. The van der Waals surface area contributed by atoms with Crippen molar-refractivity contribution in [2.24, 2.45) is 0 Å². The molecule has 0 saturated heterocycles. The van der Waals surface area contributed by atoms with E-state index < -0.39 is 11.9 Å². The van der Waals surface area contributed by atoms with E-state index in [1.807, 2.05) is 13.8 Å². The maximum Gasteiger partial charge on any atom is 0.348 e. The van der Waals surface area contributed by atoms with Gasteiger partial charge in [0.15, 0.2) is 12.4 Å². The monoisotopic (exact) mass is 350 g/mol. The second kappa shape index (κ2) is 8.30. The van der Waals surface area contributed by atoms with Crippen LogP contribution in [0.2, 0.25) is 0 Å². The Kier molecular flexibility index (Phi) is 6.14. The van der Waals surface area contributed by atoms with Crippen molar-refractivity contribution < 1.29 is 23.5 Å². The van der Waals surface area contributed by atoms with Crippen LogP contribution in [0.25, 0.3) is 0 Å². The molecule has 128 valence electrons. The summed E-state index contributed by atoms with van der Waals surface area (Å²) in [5, 5.41) is 3.11. The molecule has 24 heavy (non-hydrogen) atoms. The van der Waals surface area contributed by atoms with Gasteiger partial charge in [-0.25, -0.2) is 4.79 Å². The predicted molar refractivity (Wildman–Crippen MR) is 89.2 cm³/mol. The summed E-state index contributed by atoms with van der Waals surface area (Å²) in [4.78, 5) is 37.5. The summed E-state index contributed by atoms with van der Waals surface area (Å²) in [6.45, 7) is 4.54. The molecule has 0 aliphatic heterocycles. The highest BCUT2D eigenvalue weighted by Gasteiger charge is 2.17. The van der Waals surface area contributed by atoms with Crippen LogP contribution in [0.15, 0.2) is 34.9 Å². The topological polar surface area (TPSA) is 88.9 Å². The van der Waals surface area contributed by atoms with Gasteiger partial charge in [0, 0.05) is 13.1 Å². The number of hydrogen-bond acceptors (Lipinski definition) is 6. The largest absolute Gasteiger partial charge is 0.459 e. The van der Waals surface area contributed by atoms with Crippen LogP contribution in [-0.4, -0.2) is 42.4 Å². The molecule has 2 heterocycles. The van der Waals surface area contributed by atoms with Gasteiger partial charge in [-0.15, -0.1) is 11.3 Å². The first kappa shape index (κ1) is 17.7. The van der Waals surface area contributed by atoms with E-state index in [4.69, 9.17) is 9.15 Å². The molecule has 0 radical (unpaired) electrons. The van der Waals surface area contributed by atoms with Crippen LogP contribution in [0.5, 0.6) is 0 Å². The van der Waals surface area contributed by atoms with E-state index in [1.165, 1.54) is 18.4 Å². The minimum absolute atomic E-state index is 0.178. The van der Waals surface area contributed by atoms with Crippen LogP contribution in [0, 0.1) is 0 Å². The average molecular weight is 350 g/mol. The first-order valence-corrected chi connectivity index (χ1v) is 8.26. The van der Waals surface area contributed by atoms with Crippen LogP contribution in [-0.2, 0) is 9.53 Å². The van der Waals surface area contributed by atoms with E-state index >= 15 is 0 Å². The second-order valence-electron chi connectivity index (χ2n) is 4.74. The first-order chi connectivity index (χ1) is 11.5. The standard InChI is InChI=1S/C16H18N2O5S/c1-3-18(4-2)14(19)10-23-16(21)12-7-8-13(24-12)17-15(20)11-6-5-9-22-11/h5-9H,3-4,10H2,1-2H3,(H,17,20). The second-order valence-corrected chi connectivity index (χ2v) is 5.82. The molecule has 1 N–H and O–H groups in total. The van der Waals surface area contributed by atoms with Crippen molar-refractivity contribution >= 4 is 34.1 Å². The fraction of sp³-hybridized carbons (Fsp3) is 0.312. The van der Waals surface area contributed by atoms with Crippen LogP contribution in [0.3, 0.4) is 0 Å². The molecule has 0 aliphatic rings. The van der Waals surface area contributed by atoms with Gasteiger partial charge in [0.1, 0.15) is 4.88 Å². The average Bonchev–Trinajstić information content (AvgIpc) is 3.25. The number of anilines is 1. The molecule has 0 spiro atoms. The Hall–Kier alpha value is -2.61. The number of thiophene rings is 1. The summed E-state index contributed by atoms with van der Waals surface area (Å²) < 4.78 is 10.0. The van der Waals surface area contributed by atoms with Crippen molar-refractivity contribution in [2.75, 3.05) is 25.0 Å². The highest BCUT2D eigenvalue weighted by molar-refractivity contribution is 7.18. The molecule has 2 aromatic heterocycles. The zero-order valence-electron chi connectivity index (χ0n) is 13.4. The Morgan fingerprint density at radius 1 is 1.21 bits per heavy atom. The maximum atomic E-state index is 12.0. The summed E-state index contributed by atoms with van der Waals surface area (Å²) >= 11 is 1.07. The molecule has 8 heteroatoms. The first-order valence-electron chi connectivity index (χ1n) is 7.44. The zero-order chi connectivity index (χ0) is 17.5. The third-order valence-corrected chi connectivity index (χ3v) is 4.21. The van der Waals surface area contributed by atoms with Gasteiger partial charge in [-0.1, -0.05) is 0 Å². The van der Waals surface area contributed by atoms with Crippen molar-refractivity contribution in [3.63, 3.8) is 0 Å². The van der Waals surface area contributed by atoms with Gasteiger partial charge in [0.25, 0.3) is 11.8 Å². The van der Waals surface area contributed by atoms with Gasteiger partial charge in [-0.2, -0.15) is 0 Å². The van der Waals surface area contributed by atoms with Crippen LogP contribution in [0.4, 0.5) is 5.00 Å². The smallest absolute Gasteiger partial charge is 0.348 e. The van der Waals surface area contributed by atoms with Gasteiger partial charge in [-0.05, 0) is 38.1 Å². The molecule has 0 atom stereocenters. The Labute approximate surface area is 143 Å². The van der Waals surface area contributed by atoms with Crippen molar-refractivity contribution in [3.05, 3.63) is 41.2 Å². The molecule has 0 unspecified atom stereocenters. The maximum absolute atomic E-state index is 12.0. The van der Waals surface area contributed by atoms with Gasteiger partial charge in [0.05, 0.1) is 11.3 Å². The van der Waals surface area contributed by atoms with E-state index in [0.717, 1.165) is 11.3 Å². The number of carbonyl (C=O) groups excluding carboxylic acids is 3. The lowest BCUT2D eigenvalue weighted by atomic mass is 10.4. The van der Waals surface area contributed by atoms with Gasteiger partial charge in [0.2, 0.25) is 0 Å². The van der Waals surface area contributed by atoms with E-state index in [-0.39, 0.29) is 18.3 Å². The fourth-order valence-electron chi connectivity index (χ4n) is 1.96. The Bertz CT molecular complexity index is 704. The predicted octanol–water partition coefficient (Wildman–Crippen LogP) is 2.62. The zero-order valence-corrected chi connectivity index (χ0v) is 14.2. The summed E-state index contributed by atoms with van der Waals surface area (Å²) in [6.07, 6.45) is 1.40. The molecular formula is C16H18N2O5S. The molecule has 2 aromatic rings. The number of hydrogen-bond donors (Lipinski definition) is 1. The van der Waals surface area contributed by atoms with Crippen molar-refractivity contribution in [1.29, 1.82) is 0 Å². The Balaban J connectivity index is 1.89. The van der Waals surface area contributed by atoms with Crippen molar-refractivity contribution in [1.82, 2.24) is 4.90 Å². The highest BCUT2D eigenvalue weighted by atomic mass is 32.1. The fourth-order valence-corrected chi connectivity index (χ4v) is 2.76. The number of nitrogens with one attached hydrogen (secondary N) is 1. The molecule has 0 fully saturated rings. The SMILES string of the molecule is CCN(CC)C(=O)COC(=O)c1ccc(NC(=O)c2ccco2)s1. The number of furan rings is 1. The third-order valence-electron chi connectivity index (χ3n) is 3.23. The summed E-state index contributed by atoms with van der Waals surface area (Å²) in [5.74, 6) is -1.06. The third kappa shape index (κ3) is 4.45. The van der Waals surface area contributed by atoms with Crippen LogP contribution >= 0.6 is 11.3 Å². The Morgan fingerprint density at radius 2 is 1.96 bits per heavy atom. The van der Waals surface area contributed by atoms with E-state index in [1.54, 1.807) is 17.0 Å².